The summed E-state index contributed by atoms with van der Waals surface area (Å²) in [6.07, 6.45) is 11.4. The molecule has 1 heterocycles. The summed E-state index contributed by atoms with van der Waals surface area (Å²) in [5.74, 6) is 1.50. The average molecular weight is 636 g/mol. The Hall–Kier alpha value is -3.06. The van der Waals surface area contributed by atoms with Crippen molar-refractivity contribution in [2.24, 2.45) is 22.7 Å². The largest absolute Gasteiger partial charge is 0.461 e. The number of ether oxygens (including phenoxy) is 1. The number of ketones is 1. The maximum absolute atomic E-state index is 12.9. The van der Waals surface area contributed by atoms with Crippen molar-refractivity contribution >= 4 is 29.1 Å². The molecule has 1 saturated heterocycles. The number of aryl methyl sites for hydroxylation is 1. The molecule has 256 valence electrons. The van der Waals surface area contributed by atoms with Gasteiger partial charge in [0.05, 0.1) is 11.4 Å². The Morgan fingerprint density at radius 2 is 1.74 bits per heavy atom. The monoisotopic (exact) mass is 635 g/mol. The molecule has 1 aromatic carbocycles. The number of hydrogen-bond acceptors (Lipinski definition) is 6. The zero-order valence-electron chi connectivity index (χ0n) is 30.4. The average Bonchev–Trinajstić information content (AvgIpc) is 3.70. The van der Waals surface area contributed by atoms with E-state index in [1.54, 1.807) is 13.8 Å². The molecule has 3 rings (SSSR count). The van der Waals surface area contributed by atoms with Crippen LogP contribution in [0, 0.1) is 24.7 Å². The van der Waals surface area contributed by atoms with Crippen molar-refractivity contribution in [2.45, 2.75) is 133 Å². The lowest BCUT2D eigenvalue weighted by molar-refractivity contribution is -0.151. The number of carbonyl (C=O) groups excluding carboxylic acids is 3. The normalized spacial score (nSPS) is 18.6. The van der Waals surface area contributed by atoms with Gasteiger partial charge in [0.25, 0.3) is 0 Å². The molecule has 1 aliphatic carbocycles. The third-order valence-corrected chi connectivity index (χ3v) is 9.03. The van der Waals surface area contributed by atoms with Crippen molar-refractivity contribution < 1.29 is 19.1 Å². The standard InChI is InChI=1S/C31H46N2O3.C8H15NO/c1-9-26(17-23(7)24(8)34)30(21(4)5)33-28-18-25(15-14-22(28)6)19-32-29(16-20(2)3)31(35)36-27-12-10-11-13-27;1-3-8-4-5-9(6-8)7(2)10/h9,14-15,17-18,20-21,27,29,32H,10-13,16,19H2,1-8H3;8H,3-6H2,1-2H3/b23-17-,26-9+,33-30?;. The van der Waals surface area contributed by atoms with Gasteiger partial charge in [0.2, 0.25) is 5.91 Å². The summed E-state index contributed by atoms with van der Waals surface area (Å²) in [7, 11) is 0. The molecule has 1 aromatic rings. The van der Waals surface area contributed by atoms with Crippen LogP contribution in [0.25, 0.3) is 0 Å². The summed E-state index contributed by atoms with van der Waals surface area (Å²) < 4.78 is 5.81. The van der Waals surface area contributed by atoms with Crippen LogP contribution in [0.2, 0.25) is 0 Å². The smallest absolute Gasteiger partial charge is 0.323 e. The maximum Gasteiger partial charge on any atom is 0.323 e. The molecule has 1 saturated carbocycles. The number of nitrogens with zero attached hydrogens (tertiary/aromatic N) is 2. The number of carbonyl (C=O) groups is 3. The van der Waals surface area contributed by atoms with E-state index in [1.165, 1.54) is 12.8 Å². The van der Waals surface area contributed by atoms with Gasteiger partial charge in [-0.15, -0.1) is 0 Å². The summed E-state index contributed by atoms with van der Waals surface area (Å²) in [6.45, 7) is 22.3. The van der Waals surface area contributed by atoms with Gasteiger partial charge in [-0.25, -0.2) is 0 Å². The Bertz CT molecular complexity index is 1250. The molecule has 0 radical (unpaired) electrons. The topological polar surface area (TPSA) is 88.1 Å². The second kappa shape index (κ2) is 19.6. The number of likely N-dealkylation sites (tertiary alicyclic amines) is 1. The predicted molar refractivity (Wildman–Crippen MR) is 190 cm³/mol. The van der Waals surface area contributed by atoms with Crippen LogP contribution in [-0.2, 0) is 25.7 Å². The molecular formula is C39H61N3O4. The molecule has 2 unspecified atom stereocenters. The van der Waals surface area contributed by atoms with E-state index in [-0.39, 0.29) is 35.7 Å². The Labute approximate surface area is 279 Å². The Kier molecular flexibility index (Phi) is 16.6. The third kappa shape index (κ3) is 13.0. The van der Waals surface area contributed by atoms with Gasteiger partial charge in [-0.1, -0.05) is 59.2 Å². The van der Waals surface area contributed by atoms with E-state index in [2.05, 4.69) is 65.1 Å². The highest BCUT2D eigenvalue weighted by Crippen LogP contribution is 2.26. The molecule has 0 spiro atoms. The fourth-order valence-corrected chi connectivity index (χ4v) is 5.86. The van der Waals surface area contributed by atoms with Gasteiger partial charge < -0.3 is 15.0 Å². The van der Waals surface area contributed by atoms with Crippen molar-refractivity contribution in [1.82, 2.24) is 10.2 Å². The number of aliphatic imine (C=N–C) groups is 1. The molecule has 46 heavy (non-hydrogen) atoms. The zero-order chi connectivity index (χ0) is 34.4. The van der Waals surface area contributed by atoms with Crippen LogP contribution in [0.1, 0.15) is 118 Å². The minimum absolute atomic E-state index is 0.0594. The van der Waals surface area contributed by atoms with Gasteiger partial charge in [-0.05, 0) is 118 Å². The number of allylic oxidation sites excluding steroid dienone is 4. The first-order valence-corrected chi connectivity index (χ1v) is 17.5. The molecule has 0 bridgehead atoms. The molecule has 1 amide bonds. The molecule has 2 fully saturated rings. The van der Waals surface area contributed by atoms with E-state index in [0.717, 1.165) is 79.2 Å². The summed E-state index contributed by atoms with van der Waals surface area (Å²) in [5.41, 5.74) is 5.68. The number of nitrogens with one attached hydrogen (secondary N) is 1. The van der Waals surface area contributed by atoms with Gasteiger partial charge in [0.1, 0.15) is 12.1 Å². The van der Waals surface area contributed by atoms with E-state index < -0.39 is 0 Å². The van der Waals surface area contributed by atoms with Crippen molar-refractivity contribution in [2.75, 3.05) is 13.1 Å². The van der Waals surface area contributed by atoms with Crippen molar-refractivity contribution in [1.29, 1.82) is 0 Å². The minimum Gasteiger partial charge on any atom is -0.461 e. The van der Waals surface area contributed by atoms with E-state index in [4.69, 9.17) is 9.73 Å². The molecular weight excluding hydrogens is 574 g/mol. The predicted octanol–water partition coefficient (Wildman–Crippen LogP) is 8.46. The SMILES string of the molecule is C/C=C(\C=C(\C)C(C)=O)C(=Nc1cc(CNC(CC(C)C)C(=O)OC2CCCC2)ccc1C)C(C)C.CCC1CCN(C(C)=O)C1. The summed E-state index contributed by atoms with van der Waals surface area (Å²) in [6, 6.07) is 5.93. The molecule has 7 heteroatoms. The van der Waals surface area contributed by atoms with Crippen LogP contribution < -0.4 is 5.32 Å². The Morgan fingerprint density at radius 3 is 2.24 bits per heavy atom. The van der Waals surface area contributed by atoms with Gasteiger partial charge in [-0.2, -0.15) is 0 Å². The van der Waals surface area contributed by atoms with Crippen molar-refractivity contribution in [3.8, 4) is 0 Å². The second-order valence-corrected chi connectivity index (χ2v) is 13.8. The fraction of sp³-hybridized carbons (Fsp3) is 0.641. The van der Waals surface area contributed by atoms with Gasteiger partial charge in [0.15, 0.2) is 5.78 Å². The van der Waals surface area contributed by atoms with Crippen LogP contribution in [0.15, 0.2) is 46.5 Å². The van der Waals surface area contributed by atoms with Crippen molar-refractivity contribution in [3.63, 3.8) is 0 Å². The number of benzene rings is 1. The molecule has 2 aliphatic rings. The number of rotatable bonds is 13. The first kappa shape index (κ1) is 39.1. The quantitative estimate of drug-likeness (QED) is 0.102. The number of hydrogen-bond donors (Lipinski definition) is 1. The first-order chi connectivity index (χ1) is 21.7. The van der Waals surface area contributed by atoms with Gasteiger partial charge in [-0.3, -0.25) is 19.4 Å². The molecule has 2 atom stereocenters. The number of esters is 1. The van der Waals surface area contributed by atoms with Crippen LogP contribution >= 0.6 is 0 Å². The highest BCUT2D eigenvalue weighted by Gasteiger charge is 2.26. The van der Waals surface area contributed by atoms with Crippen LogP contribution in [0.4, 0.5) is 5.69 Å². The maximum atomic E-state index is 12.9. The van der Waals surface area contributed by atoms with Crippen LogP contribution in [0.3, 0.4) is 0 Å². The highest BCUT2D eigenvalue weighted by atomic mass is 16.5. The number of Topliss-reactive ketones (excluding diaryl/α,β-unsaturated/α-hetero) is 1. The fourth-order valence-electron chi connectivity index (χ4n) is 5.86. The van der Waals surface area contributed by atoms with Crippen LogP contribution in [-0.4, -0.2) is 53.5 Å². The Balaban J connectivity index is 0.000000623. The lowest BCUT2D eigenvalue weighted by Crippen LogP contribution is -2.40. The molecule has 7 nitrogen and oxygen atoms in total. The Morgan fingerprint density at radius 1 is 1.07 bits per heavy atom. The lowest BCUT2D eigenvalue weighted by atomic mass is 9.96. The van der Waals surface area contributed by atoms with E-state index >= 15 is 0 Å². The lowest BCUT2D eigenvalue weighted by Gasteiger charge is -2.22. The first-order valence-electron chi connectivity index (χ1n) is 17.5. The van der Waals surface area contributed by atoms with Gasteiger partial charge >= 0.3 is 5.97 Å². The van der Waals surface area contributed by atoms with E-state index in [1.807, 2.05) is 30.9 Å². The van der Waals surface area contributed by atoms with Gasteiger partial charge in [0, 0.05) is 26.6 Å². The summed E-state index contributed by atoms with van der Waals surface area (Å²) >= 11 is 0. The molecule has 1 aliphatic heterocycles. The van der Waals surface area contributed by atoms with E-state index in [9.17, 15) is 14.4 Å². The molecule has 0 aromatic heterocycles. The number of amides is 1. The summed E-state index contributed by atoms with van der Waals surface area (Å²) in [5, 5.41) is 3.45. The van der Waals surface area contributed by atoms with E-state index in [0.29, 0.717) is 18.0 Å². The summed E-state index contributed by atoms with van der Waals surface area (Å²) in [4.78, 5) is 42.5. The second-order valence-electron chi connectivity index (χ2n) is 13.8. The zero-order valence-corrected chi connectivity index (χ0v) is 30.4. The molecule has 1 N–H and O–H groups in total. The van der Waals surface area contributed by atoms with Crippen LogP contribution in [0.5, 0.6) is 0 Å². The third-order valence-electron chi connectivity index (χ3n) is 9.03. The van der Waals surface area contributed by atoms with Crippen molar-refractivity contribution in [3.05, 3.63) is 52.6 Å². The minimum atomic E-state index is -0.320. The highest BCUT2D eigenvalue weighted by molar-refractivity contribution is 6.07.